The van der Waals surface area contributed by atoms with E-state index in [4.69, 9.17) is 0 Å². The van der Waals surface area contributed by atoms with E-state index in [2.05, 4.69) is 16.4 Å². The Morgan fingerprint density at radius 1 is 1.03 bits per heavy atom. The largest absolute Gasteiger partial charge is 0.378 e. The van der Waals surface area contributed by atoms with Gasteiger partial charge in [0.1, 0.15) is 5.78 Å². The number of nitro groups is 1. The maximum atomic E-state index is 12.5. The number of nitrogens with one attached hydrogen (secondary N) is 1. The highest BCUT2D eigenvalue weighted by Crippen LogP contribution is 2.33. The third-order valence-corrected chi connectivity index (χ3v) is 5.15. The number of pyridine rings is 1. The molecule has 6 nitrogen and oxygen atoms in total. The van der Waals surface area contributed by atoms with E-state index in [1.54, 1.807) is 6.07 Å². The van der Waals surface area contributed by atoms with Crippen molar-refractivity contribution in [2.24, 2.45) is 0 Å². The number of nitrogens with zero attached hydrogens (tertiary/aromatic N) is 2. The minimum Gasteiger partial charge on any atom is -0.378 e. The number of rotatable bonds is 3. The van der Waals surface area contributed by atoms with Crippen LogP contribution in [-0.4, -0.2) is 15.7 Å². The number of hydrogen-bond acceptors (Lipinski definition) is 5. The molecule has 4 rings (SSSR count). The second-order valence-electron chi connectivity index (χ2n) is 7.48. The van der Waals surface area contributed by atoms with Crippen LogP contribution < -0.4 is 5.32 Å². The van der Waals surface area contributed by atoms with Crippen LogP contribution in [0.3, 0.4) is 0 Å². The number of benzene rings is 2. The normalized spacial score (nSPS) is 15.9. The number of ketones is 1. The summed E-state index contributed by atoms with van der Waals surface area (Å²) in [5.74, 6) is 0.0581. The number of aromatic nitrogens is 1. The molecule has 2 heterocycles. The molecular formula is C23H21N3O3. The van der Waals surface area contributed by atoms with Crippen LogP contribution in [0, 0.1) is 24.0 Å². The van der Waals surface area contributed by atoms with Crippen molar-refractivity contribution in [1.29, 1.82) is 0 Å². The molecule has 1 unspecified atom stereocenters. The van der Waals surface area contributed by atoms with E-state index in [0.717, 1.165) is 33.8 Å². The van der Waals surface area contributed by atoms with Crippen LogP contribution in [0.2, 0.25) is 0 Å². The van der Waals surface area contributed by atoms with Gasteiger partial charge in [0.25, 0.3) is 5.69 Å². The van der Waals surface area contributed by atoms with E-state index in [1.165, 1.54) is 12.1 Å². The van der Waals surface area contributed by atoms with Crippen LogP contribution in [0.4, 0.5) is 11.4 Å². The van der Waals surface area contributed by atoms with Crippen molar-refractivity contribution in [2.75, 3.05) is 5.32 Å². The molecule has 146 valence electrons. The maximum Gasteiger partial charge on any atom is 0.269 e. The molecule has 1 aliphatic rings. The van der Waals surface area contributed by atoms with E-state index in [0.29, 0.717) is 12.0 Å². The van der Waals surface area contributed by atoms with E-state index in [1.807, 2.05) is 44.2 Å². The van der Waals surface area contributed by atoms with Crippen molar-refractivity contribution in [2.45, 2.75) is 32.7 Å². The lowest BCUT2D eigenvalue weighted by Crippen LogP contribution is -2.13. The fourth-order valence-corrected chi connectivity index (χ4v) is 3.87. The summed E-state index contributed by atoms with van der Waals surface area (Å²) >= 11 is 0. The summed E-state index contributed by atoms with van der Waals surface area (Å²) in [6, 6.07) is 16.7. The molecule has 0 radical (unpaired) electrons. The quantitative estimate of drug-likeness (QED) is 0.508. The lowest BCUT2D eigenvalue weighted by molar-refractivity contribution is -0.384. The van der Waals surface area contributed by atoms with E-state index in [9.17, 15) is 14.9 Å². The van der Waals surface area contributed by atoms with Gasteiger partial charge in [-0.3, -0.25) is 19.9 Å². The lowest BCUT2D eigenvalue weighted by Gasteiger charge is -2.19. The predicted octanol–water partition coefficient (Wildman–Crippen LogP) is 4.94. The molecule has 0 saturated carbocycles. The Bertz CT molecular complexity index is 1100. The summed E-state index contributed by atoms with van der Waals surface area (Å²) in [5, 5.41) is 14.5. The van der Waals surface area contributed by atoms with Crippen LogP contribution in [-0.2, 0) is 11.2 Å². The molecule has 0 fully saturated rings. The van der Waals surface area contributed by atoms with E-state index < -0.39 is 4.92 Å². The zero-order valence-corrected chi connectivity index (χ0v) is 16.3. The molecule has 2 aromatic carbocycles. The highest BCUT2D eigenvalue weighted by Gasteiger charge is 2.24. The second kappa shape index (κ2) is 7.47. The third-order valence-electron chi connectivity index (χ3n) is 5.15. The first-order chi connectivity index (χ1) is 13.9. The molecule has 1 N–H and O–H groups in total. The number of carbonyl (C=O) groups is 1. The van der Waals surface area contributed by atoms with E-state index >= 15 is 0 Å². The molecule has 0 saturated heterocycles. The fraction of sp³-hybridized carbons (Fsp3) is 0.217. The van der Waals surface area contributed by atoms with Crippen LogP contribution in [0.15, 0.2) is 54.6 Å². The van der Waals surface area contributed by atoms with Crippen LogP contribution >= 0.6 is 0 Å². The average molecular weight is 387 g/mol. The molecule has 0 bridgehead atoms. The summed E-state index contributed by atoms with van der Waals surface area (Å²) in [6.07, 6.45) is 0.531. The topological polar surface area (TPSA) is 85.1 Å². The van der Waals surface area contributed by atoms with Crippen molar-refractivity contribution < 1.29 is 9.72 Å². The number of Topliss-reactive ketones (excluding diaryl/α,β-unsaturated/α-hetero) is 1. The molecule has 0 amide bonds. The smallest absolute Gasteiger partial charge is 0.269 e. The maximum absolute atomic E-state index is 12.5. The van der Waals surface area contributed by atoms with Crippen molar-refractivity contribution in [3.8, 4) is 11.1 Å². The summed E-state index contributed by atoms with van der Waals surface area (Å²) in [7, 11) is 0. The van der Waals surface area contributed by atoms with Crippen molar-refractivity contribution in [3.05, 3.63) is 87.2 Å². The van der Waals surface area contributed by atoms with Gasteiger partial charge in [-0.05, 0) is 60.4 Å². The average Bonchev–Trinajstić information content (AvgIpc) is 2.84. The van der Waals surface area contributed by atoms with Crippen LogP contribution in [0.25, 0.3) is 11.1 Å². The molecule has 29 heavy (non-hydrogen) atoms. The van der Waals surface area contributed by atoms with Gasteiger partial charge in [-0.15, -0.1) is 0 Å². The lowest BCUT2D eigenvalue weighted by atomic mass is 9.96. The Balaban J connectivity index is 1.69. The van der Waals surface area contributed by atoms with Gasteiger partial charge >= 0.3 is 0 Å². The fourth-order valence-electron chi connectivity index (χ4n) is 3.87. The number of hydrogen-bond donors (Lipinski definition) is 1. The third kappa shape index (κ3) is 4.01. The van der Waals surface area contributed by atoms with Crippen LogP contribution in [0.1, 0.15) is 35.0 Å². The van der Waals surface area contributed by atoms with Gasteiger partial charge < -0.3 is 5.32 Å². The van der Waals surface area contributed by atoms with Crippen molar-refractivity contribution in [3.63, 3.8) is 0 Å². The Morgan fingerprint density at radius 3 is 2.52 bits per heavy atom. The summed E-state index contributed by atoms with van der Waals surface area (Å²) in [4.78, 5) is 27.6. The minimum atomic E-state index is -0.435. The molecule has 1 aromatic heterocycles. The minimum absolute atomic E-state index is 0.00206. The second-order valence-corrected chi connectivity index (χ2v) is 7.48. The molecule has 0 aliphatic carbocycles. The van der Waals surface area contributed by atoms with Gasteiger partial charge in [0.05, 0.1) is 11.0 Å². The summed E-state index contributed by atoms with van der Waals surface area (Å²) < 4.78 is 0. The SMILES string of the molecule is Cc1cc(-c2cccc(C3CC(=O)Cc4cc([N+](=O)[O-])ccc4N3)c2)cc(C)n1. The van der Waals surface area contributed by atoms with Crippen LogP contribution in [0.5, 0.6) is 0 Å². The highest BCUT2D eigenvalue weighted by molar-refractivity contribution is 5.85. The van der Waals surface area contributed by atoms with E-state index in [-0.39, 0.29) is 23.9 Å². The number of aryl methyl sites for hydroxylation is 2. The van der Waals surface area contributed by atoms with Gasteiger partial charge in [-0.2, -0.15) is 0 Å². The Labute approximate surface area is 168 Å². The predicted molar refractivity (Wildman–Crippen MR) is 112 cm³/mol. The Kier molecular flexibility index (Phi) is 4.84. The van der Waals surface area contributed by atoms with Gasteiger partial charge in [-0.1, -0.05) is 18.2 Å². The molecule has 0 spiro atoms. The number of nitro benzene ring substituents is 1. The molecule has 3 aromatic rings. The highest BCUT2D eigenvalue weighted by atomic mass is 16.6. The first-order valence-corrected chi connectivity index (χ1v) is 9.50. The van der Waals surface area contributed by atoms with Gasteiger partial charge in [0.2, 0.25) is 0 Å². The van der Waals surface area contributed by atoms with Crippen molar-refractivity contribution >= 4 is 17.2 Å². The first kappa shape index (κ1) is 18.8. The Morgan fingerprint density at radius 2 is 1.79 bits per heavy atom. The number of carbonyl (C=O) groups excluding carboxylic acids is 1. The zero-order valence-electron chi connectivity index (χ0n) is 16.3. The monoisotopic (exact) mass is 387 g/mol. The molecule has 1 atom stereocenters. The molecule has 1 aliphatic heterocycles. The summed E-state index contributed by atoms with van der Waals surface area (Å²) in [6.45, 7) is 3.95. The van der Waals surface area contributed by atoms with Crippen molar-refractivity contribution in [1.82, 2.24) is 4.98 Å². The van der Waals surface area contributed by atoms with Gasteiger partial charge in [-0.25, -0.2) is 0 Å². The van der Waals surface area contributed by atoms with Gasteiger partial charge in [0, 0.05) is 42.0 Å². The number of non-ortho nitro benzene ring substituents is 1. The zero-order chi connectivity index (χ0) is 20.5. The first-order valence-electron chi connectivity index (χ1n) is 9.50. The van der Waals surface area contributed by atoms with Gasteiger partial charge in [0.15, 0.2) is 0 Å². The Hall–Kier alpha value is -3.54. The number of fused-ring (bicyclic) bond motifs is 1. The summed E-state index contributed by atoms with van der Waals surface area (Å²) in [5.41, 5.74) is 6.53. The number of anilines is 1. The molecular weight excluding hydrogens is 366 g/mol. The standard InChI is InChI=1S/C23H21N3O3/c1-14-8-18(9-15(2)24-14)16-4-3-5-17(10-16)23-13-21(27)12-19-11-20(26(28)29)6-7-22(19)25-23/h3-11,23,25H,12-13H2,1-2H3. The molecule has 6 heteroatoms.